The molecule has 0 unspecified atom stereocenters. The molecule has 0 radical (unpaired) electrons. The van der Waals surface area contributed by atoms with Crippen molar-refractivity contribution in [2.24, 2.45) is 0 Å². The summed E-state index contributed by atoms with van der Waals surface area (Å²) in [6, 6.07) is 12.5. The van der Waals surface area contributed by atoms with E-state index in [1.54, 1.807) is 24.3 Å². The van der Waals surface area contributed by atoms with Crippen molar-refractivity contribution in [2.75, 3.05) is 23.7 Å². The Hall–Kier alpha value is -2.89. The van der Waals surface area contributed by atoms with Crippen molar-refractivity contribution in [3.05, 3.63) is 59.9 Å². The van der Waals surface area contributed by atoms with Crippen LogP contribution in [-0.2, 0) is 4.79 Å². The lowest BCUT2D eigenvalue weighted by Gasteiger charge is -2.09. The number of halogens is 1. The Balaban J connectivity index is 1.79. The molecule has 0 saturated heterocycles. The molecule has 0 aliphatic carbocycles. The SMILES string of the molecule is CCCCNC(=O)c1ccc(NCC(=O)Nc2ccc(F)cc2)cc1. The van der Waals surface area contributed by atoms with Gasteiger partial charge in [0.1, 0.15) is 5.82 Å². The highest BCUT2D eigenvalue weighted by molar-refractivity contribution is 5.95. The first kappa shape index (κ1) is 18.4. The van der Waals surface area contributed by atoms with Crippen LogP contribution >= 0.6 is 0 Å². The second-order valence-corrected chi connectivity index (χ2v) is 5.60. The number of hydrogen-bond acceptors (Lipinski definition) is 3. The number of nitrogens with one attached hydrogen (secondary N) is 3. The summed E-state index contributed by atoms with van der Waals surface area (Å²) < 4.78 is 12.8. The quantitative estimate of drug-likeness (QED) is 0.643. The third-order valence-electron chi connectivity index (χ3n) is 3.54. The van der Waals surface area contributed by atoms with E-state index < -0.39 is 0 Å². The van der Waals surface area contributed by atoms with Crippen LogP contribution in [0.2, 0.25) is 0 Å². The Morgan fingerprint density at radius 1 is 0.960 bits per heavy atom. The van der Waals surface area contributed by atoms with Gasteiger partial charge in [-0.2, -0.15) is 0 Å². The molecule has 0 spiro atoms. The van der Waals surface area contributed by atoms with Gasteiger partial charge < -0.3 is 16.0 Å². The summed E-state index contributed by atoms with van der Waals surface area (Å²) in [6.07, 6.45) is 1.98. The first-order valence-corrected chi connectivity index (χ1v) is 8.26. The van der Waals surface area contributed by atoms with Crippen LogP contribution in [0.25, 0.3) is 0 Å². The zero-order valence-corrected chi connectivity index (χ0v) is 14.1. The van der Waals surface area contributed by atoms with E-state index in [0.29, 0.717) is 17.8 Å². The maximum Gasteiger partial charge on any atom is 0.251 e. The first-order valence-electron chi connectivity index (χ1n) is 8.26. The van der Waals surface area contributed by atoms with Crippen molar-refractivity contribution in [3.63, 3.8) is 0 Å². The Kier molecular flexibility index (Phi) is 6.95. The Labute approximate surface area is 146 Å². The van der Waals surface area contributed by atoms with E-state index >= 15 is 0 Å². The van der Waals surface area contributed by atoms with Crippen molar-refractivity contribution in [2.45, 2.75) is 19.8 Å². The van der Waals surface area contributed by atoms with E-state index in [1.807, 2.05) is 0 Å². The fourth-order valence-electron chi connectivity index (χ4n) is 2.14. The van der Waals surface area contributed by atoms with Crippen LogP contribution in [0.1, 0.15) is 30.1 Å². The largest absolute Gasteiger partial charge is 0.376 e. The summed E-state index contributed by atoms with van der Waals surface area (Å²) in [5.41, 5.74) is 1.85. The van der Waals surface area contributed by atoms with Gasteiger partial charge in [0.25, 0.3) is 5.91 Å². The molecule has 2 amide bonds. The average molecular weight is 343 g/mol. The number of benzene rings is 2. The minimum atomic E-state index is -0.352. The van der Waals surface area contributed by atoms with Gasteiger partial charge in [-0.1, -0.05) is 13.3 Å². The summed E-state index contributed by atoms with van der Waals surface area (Å²) in [5, 5.41) is 8.49. The summed E-state index contributed by atoms with van der Waals surface area (Å²) >= 11 is 0. The summed E-state index contributed by atoms with van der Waals surface area (Å²) in [5.74, 6) is -0.697. The van der Waals surface area contributed by atoms with Gasteiger partial charge in [0.15, 0.2) is 0 Å². The monoisotopic (exact) mass is 343 g/mol. The highest BCUT2D eigenvalue weighted by Gasteiger charge is 2.06. The van der Waals surface area contributed by atoms with Gasteiger partial charge in [-0.3, -0.25) is 9.59 Å². The van der Waals surface area contributed by atoms with Gasteiger partial charge in [-0.15, -0.1) is 0 Å². The fraction of sp³-hybridized carbons (Fsp3) is 0.263. The third kappa shape index (κ3) is 6.25. The summed E-state index contributed by atoms with van der Waals surface area (Å²) in [6.45, 7) is 2.80. The molecule has 132 valence electrons. The van der Waals surface area contributed by atoms with Crippen LogP contribution in [0.15, 0.2) is 48.5 Å². The molecule has 6 heteroatoms. The lowest BCUT2D eigenvalue weighted by Crippen LogP contribution is -2.24. The van der Waals surface area contributed by atoms with Crippen LogP contribution in [0.5, 0.6) is 0 Å². The number of rotatable bonds is 8. The van der Waals surface area contributed by atoms with Crippen LogP contribution in [0.4, 0.5) is 15.8 Å². The molecule has 0 saturated carbocycles. The molecule has 3 N–H and O–H groups in total. The average Bonchev–Trinajstić information content (AvgIpc) is 2.62. The van der Waals surface area contributed by atoms with Gasteiger partial charge in [0.05, 0.1) is 6.54 Å². The lowest BCUT2D eigenvalue weighted by molar-refractivity contribution is -0.114. The molecule has 2 aromatic carbocycles. The predicted molar refractivity (Wildman–Crippen MR) is 97.2 cm³/mol. The summed E-state index contributed by atoms with van der Waals surface area (Å²) in [7, 11) is 0. The van der Waals surface area contributed by atoms with Crippen molar-refractivity contribution in [3.8, 4) is 0 Å². The number of amides is 2. The third-order valence-corrected chi connectivity index (χ3v) is 3.54. The minimum Gasteiger partial charge on any atom is -0.376 e. The maximum absolute atomic E-state index is 12.8. The van der Waals surface area contributed by atoms with E-state index in [9.17, 15) is 14.0 Å². The van der Waals surface area contributed by atoms with Gasteiger partial charge >= 0.3 is 0 Å². The number of hydrogen-bond donors (Lipinski definition) is 3. The Morgan fingerprint density at radius 2 is 1.60 bits per heavy atom. The Morgan fingerprint density at radius 3 is 2.24 bits per heavy atom. The highest BCUT2D eigenvalue weighted by atomic mass is 19.1. The molecule has 0 aliphatic heterocycles. The second kappa shape index (κ2) is 9.42. The molecule has 2 aromatic rings. The number of anilines is 2. The van der Waals surface area contributed by atoms with E-state index in [2.05, 4.69) is 22.9 Å². The topological polar surface area (TPSA) is 70.2 Å². The minimum absolute atomic E-state index is 0.0689. The molecule has 5 nitrogen and oxygen atoms in total. The normalized spacial score (nSPS) is 10.2. The predicted octanol–water partition coefficient (Wildman–Crippen LogP) is 3.41. The zero-order valence-electron chi connectivity index (χ0n) is 14.1. The van der Waals surface area contributed by atoms with Crippen molar-refractivity contribution in [1.82, 2.24) is 5.32 Å². The lowest BCUT2D eigenvalue weighted by atomic mass is 10.2. The molecule has 0 fully saturated rings. The Bertz CT molecular complexity index is 700. The molecule has 25 heavy (non-hydrogen) atoms. The maximum atomic E-state index is 12.8. The molecular weight excluding hydrogens is 321 g/mol. The van der Waals surface area contributed by atoms with E-state index in [-0.39, 0.29) is 24.2 Å². The van der Waals surface area contributed by atoms with Crippen LogP contribution in [0, 0.1) is 5.82 Å². The second-order valence-electron chi connectivity index (χ2n) is 5.60. The van der Waals surface area contributed by atoms with Gasteiger partial charge in [-0.05, 0) is 55.0 Å². The number of carbonyl (C=O) groups is 2. The number of unbranched alkanes of at least 4 members (excludes halogenated alkanes) is 1. The van der Waals surface area contributed by atoms with Crippen molar-refractivity contribution < 1.29 is 14.0 Å². The molecule has 0 aromatic heterocycles. The standard InChI is InChI=1S/C19H22FN3O2/c1-2-3-12-21-19(25)14-4-8-16(9-5-14)22-13-18(24)23-17-10-6-15(20)7-11-17/h4-11,22H,2-3,12-13H2,1H3,(H,21,25)(H,23,24). The van der Waals surface area contributed by atoms with Gasteiger partial charge in [-0.25, -0.2) is 4.39 Å². The molecule has 0 heterocycles. The van der Waals surface area contributed by atoms with Crippen LogP contribution in [-0.4, -0.2) is 24.9 Å². The van der Waals surface area contributed by atoms with Crippen LogP contribution in [0.3, 0.4) is 0 Å². The van der Waals surface area contributed by atoms with E-state index in [0.717, 1.165) is 18.5 Å². The van der Waals surface area contributed by atoms with Crippen LogP contribution < -0.4 is 16.0 Å². The fourth-order valence-corrected chi connectivity index (χ4v) is 2.14. The number of carbonyl (C=O) groups excluding carboxylic acids is 2. The highest BCUT2D eigenvalue weighted by Crippen LogP contribution is 2.11. The zero-order chi connectivity index (χ0) is 18.1. The van der Waals surface area contributed by atoms with Crippen molar-refractivity contribution in [1.29, 1.82) is 0 Å². The van der Waals surface area contributed by atoms with E-state index in [1.165, 1.54) is 24.3 Å². The van der Waals surface area contributed by atoms with Gasteiger partial charge in [0, 0.05) is 23.5 Å². The molecule has 0 bridgehead atoms. The van der Waals surface area contributed by atoms with Gasteiger partial charge in [0.2, 0.25) is 5.91 Å². The molecular formula is C19H22FN3O2. The molecule has 2 rings (SSSR count). The van der Waals surface area contributed by atoms with Crippen molar-refractivity contribution >= 4 is 23.2 Å². The molecule has 0 aliphatic rings. The smallest absolute Gasteiger partial charge is 0.251 e. The summed E-state index contributed by atoms with van der Waals surface area (Å²) in [4.78, 5) is 23.8. The first-order chi connectivity index (χ1) is 12.1. The molecule has 0 atom stereocenters. The van der Waals surface area contributed by atoms with E-state index in [4.69, 9.17) is 0 Å².